The Kier molecular flexibility index (Phi) is 4.23. The van der Waals surface area contributed by atoms with Crippen LogP contribution >= 0.6 is 0 Å². The van der Waals surface area contributed by atoms with E-state index in [2.05, 4.69) is 22.9 Å². The molecule has 1 atom stereocenters. The van der Waals surface area contributed by atoms with Gasteiger partial charge < -0.3 is 15.4 Å². The summed E-state index contributed by atoms with van der Waals surface area (Å²) >= 11 is 0. The fourth-order valence-corrected chi connectivity index (χ4v) is 2.30. The van der Waals surface area contributed by atoms with Crippen LogP contribution < -0.4 is 10.6 Å². The van der Waals surface area contributed by atoms with Crippen LogP contribution in [0.4, 0.5) is 11.5 Å². The van der Waals surface area contributed by atoms with Gasteiger partial charge in [0.25, 0.3) is 0 Å². The Morgan fingerprint density at radius 3 is 2.89 bits per heavy atom. The molecule has 0 radical (unpaired) electrons. The van der Waals surface area contributed by atoms with Crippen LogP contribution in [-0.2, 0) is 4.74 Å². The molecule has 0 spiro atoms. The van der Waals surface area contributed by atoms with E-state index in [4.69, 9.17) is 15.7 Å². The Morgan fingerprint density at radius 2 is 2.37 bits per heavy atom. The van der Waals surface area contributed by atoms with Crippen molar-refractivity contribution in [1.29, 1.82) is 5.26 Å². The first-order valence-corrected chi connectivity index (χ1v) is 6.58. The molecule has 0 bridgehead atoms. The number of anilines is 2. The zero-order valence-corrected chi connectivity index (χ0v) is 11.5. The van der Waals surface area contributed by atoms with E-state index in [-0.39, 0.29) is 0 Å². The normalized spacial score (nSPS) is 15.8. The van der Waals surface area contributed by atoms with Gasteiger partial charge in [0.15, 0.2) is 5.82 Å². The molecule has 5 nitrogen and oxygen atoms in total. The molecule has 1 aromatic heterocycles. The number of hydrogen-bond acceptors (Lipinski definition) is 5. The maximum atomic E-state index is 8.86. The van der Waals surface area contributed by atoms with E-state index in [1.807, 2.05) is 0 Å². The van der Waals surface area contributed by atoms with Crippen molar-refractivity contribution in [2.45, 2.75) is 25.8 Å². The quantitative estimate of drug-likeness (QED) is 0.844. The van der Waals surface area contributed by atoms with Crippen LogP contribution in [-0.4, -0.2) is 31.3 Å². The lowest BCUT2D eigenvalue weighted by Gasteiger charge is -2.31. The molecule has 5 heteroatoms. The topological polar surface area (TPSA) is 75.2 Å². The van der Waals surface area contributed by atoms with E-state index in [1.54, 1.807) is 19.4 Å². The van der Waals surface area contributed by atoms with Gasteiger partial charge in [-0.15, -0.1) is 0 Å². The van der Waals surface area contributed by atoms with E-state index >= 15 is 0 Å². The molecular weight excluding hydrogens is 240 g/mol. The molecule has 1 saturated carbocycles. The summed E-state index contributed by atoms with van der Waals surface area (Å²) in [5.74, 6) is 1.48. The molecule has 0 amide bonds. The minimum Gasteiger partial charge on any atom is -0.396 e. The van der Waals surface area contributed by atoms with Crippen LogP contribution in [0, 0.1) is 17.2 Å². The second-order valence-electron chi connectivity index (χ2n) is 5.01. The summed E-state index contributed by atoms with van der Waals surface area (Å²) in [4.78, 5) is 6.55. The zero-order valence-electron chi connectivity index (χ0n) is 11.5. The van der Waals surface area contributed by atoms with Crippen LogP contribution in [0.5, 0.6) is 0 Å². The number of methoxy groups -OCH3 is 1. The Morgan fingerprint density at radius 1 is 1.63 bits per heavy atom. The lowest BCUT2D eigenvalue weighted by Crippen LogP contribution is -2.38. The third-order valence-electron chi connectivity index (χ3n) is 3.63. The molecule has 0 saturated heterocycles. The van der Waals surface area contributed by atoms with E-state index in [0.717, 1.165) is 12.4 Å². The Labute approximate surface area is 114 Å². The standard InChI is InChI=1S/C14H20N4O/c1-10(12-3-4-12)18(5-6-19-2)14-13(16)7-11(8-15)9-17-14/h7,9-10,12H,3-6,16H2,1-2H3. The van der Waals surface area contributed by atoms with Gasteiger partial charge >= 0.3 is 0 Å². The SMILES string of the molecule is COCCN(c1ncc(C#N)cc1N)C(C)C1CC1. The summed E-state index contributed by atoms with van der Waals surface area (Å²) in [7, 11) is 1.69. The lowest BCUT2D eigenvalue weighted by atomic mass is 10.1. The van der Waals surface area contributed by atoms with Crippen LogP contribution in [0.3, 0.4) is 0 Å². The third kappa shape index (κ3) is 3.15. The second kappa shape index (κ2) is 5.89. The monoisotopic (exact) mass is 260 g/mol. The summed E-state index contributed by atoms with van der Waals surface area (Å²) in [6.45, 7) is 3.60. The van der Waals surface area contributed by atoms with Gasteiger partial charge in [-0.1, -0.05) is 0 Å². The number of nitrogens with two attached hydrogens (primary N) is 1. The predicted octanol–water partition coefficient (Wildman–Crippen LogP) is 1.79. The second-order valence-corrected chi connectivity index (χ2v) is 5.01. The van der Waals surface area contributed by atoms with Crippen molar-refractivity contribution < 1.29 is 4.74 Å². The maximum Gasteiger partial charge on any atom is 0.152 e. The first kappa shape index (κ1) is 13.6. The smallest absolute Gasteiger partial charge is 0.152 e. The van der Waals surface area contributed by atoms with Gasteiger partial charge in [-0.2, -0.15) is 5.26 Å². The molecule has 2 N–H and O–H groups in total. The van der Waals surface area contributed by atoms with Crippen molar-refractivity contribution in [2.24, 2.45) is 5.92 Å². The van der Waals surface area contributed by atoms with E-state index in [0.29, 0.717) is 29.8 Å². The largest absolute Gasteiger partial charge is 0.396 e. The highest BCUT2D eigenvalue weighted by atomic mass is 16.5. The average molecular weight is 260 g/mol. The summed E-state index contributed by atoms with van der Waals surface area (Å²) in [6, 6.07) is 4.14. The van der Waals surface area contributed by atoms with E-state index < -0.39 is 0 Å². The molecule has 1 unspecified atom stereocenters. The van der Waals surface area contributed by atoms with Gasteiger partial charge in [-0.3, -0.25) is 0 Å². The van der Waals surface area contributed by atoms with E-state index in [1.165, 1.54) is 12.8 Å². The van der Waals surface area contributed by atoms with E-state index in [9.17, 15) is 0 Å². The average Bonchev–Trinajstić information content (AvgIpc) is 3.24. The Hall–Kier alpha value is -1.80. The molecule has 1 aliphatic carbocycles. The molecule has 19 heavy (non-hydrogen) atoms. The minimum atomic E-state index is 0.401. The van der Waals surface area contributed by atoms with Crippen LogP contribution in [0.25, 0.3) is 0 Å². The number of pyridine rings is 1. The number of hydrogen-bond donors (Lipinski definition) is 1. The molecule has 102 valence electrons. The van der Waals surface area contributed by atoms with Crippen molar-refractivity contribution in [1.82, 2.24) is 4.98 Å². The van der Waals surface area contributed by atoms with Crippen LogP contribution in [0.2, 0.25) is 0 Å². The van der Waals surface area contributed by atoms with Gasteiger partial charge in [-0.05, 0) is 31.7 Å². The van der Waals surface area contributed by atoms with Crippen molar-refractivity contribution in [3.05, 3.63) is 17.8 Å². The molecule has 1 heterocycles. The maximum absolute atomic E-state index is 8.86. The van der Waals surface area contributed by atoms with Gasteiger partial charge in [0, 0.05) is 25.9 Å². The zero-order chi connectivity index (χ0) is 13.8. The van der Waals surface area contributed by atoms with Gasteiger partial charge in [0.05, 0.1) is 17.9 Å². The summed E-state index contributed by atoms with van der Waals surface area (Å²) < 4.78 is 5.17. The molecule has 1 fully saturated rings. The molecule has 0 aliphatic heterocycles. The fourth-order valence-electron chi connectivity index (χ4n) is 2.30. The number of nitrogen functional groups attached to an aromatic ring is 1. The van der Waals surface area contributed by atoms with Gasteiger partial charge in [-0.25, -0.2) is 4.98 Å². The minimum absolute atomic E-state index is 0.401. The number of nitrogens with zero attached hydrogens (tertiary/aromatic N) is 3. The van der Waals surface area contributed by atoms with Crippen molar-refractivity contribution in [3.63, 3.8) is 0 Å². The third-order valence-corrected chi connectivity index (χ3v) is 3.63. The predicted molar refractivity (Wildman–Crippen MR) is 74.8 cm³/mol. The number of aromatic nitrogens is 1. The summed E-state index contributed by atoms with van der Waals surface area (Å²) in [6.07, 6.45) is 4.10. The summed E-state index contributed by atoms with van der Waals surface area (Å²) in [5, 5.41) is 8.86. The lowest BCUT2D eigenvalue weighted by molar-refractivity contribution is 0.202. The van der Waals surface area contributed by atoms with Crippen LogP contribution in [0.15, 0.2) is 12.3 Å². The number of nitriles is 1. The highest BCUT2D eigenvalue weighted by molar-refractivity contribution is 5.65. The Balaban J connectivity index is 2.23. The highest BCUT2D eigenvalue weighted by Gasteiger charge is 2.33. The summed E-state index contributed by atoms with van der Waals surface area (Å²) in [5.41, 5.74) is 7.08. The molecule has 0 aromatic carbocycles. The van der Waals surface area contributed by atoms with Crippen molar-refractivity contribution in [2.75, 3.05) is 30.9 Å². The first-order valence-electron chi connectivity index (χ1n) is 6.58. The fraction of sp³-hybridized carbons (Fsp3) is 0.571. The molecule has 1 aromatic rings. The molecule has 1 aliphatic rings. The van der Waals surface area contributed by atoms with Gasteiger partial charge in [0.2, 0.25) is 0 Å². The Bertz CT molecular complexity index is 479. The molecule has 2 rings (SSSR count). The number of ether oxygens (including phenoxy) is 1. The molecular formula is C14H20N4O. The van der Waals surface area contributed by atoms with Crippen molar-refractivity contribution >= 4 is 11.5 Å². The number of rotatable bonds is 6. The highest BCUT2D eigenvalue weighted by Crippen LogP contribution is 2.37. The van der Waals surface area contributed by atoms with Crippen molar-refractivity contribution in [3.8, 4) is 6.07 Å². The first-order chi connectivity index (χ1) is 9.17. The van der Waals surface area contributed by atoms with Crippen LogP contribution in [0.1, 0.15) is 25.3 Å². The van der Waals surface area contributed by atoms with Gasteiger partial charge in [0.1, 0.15) is 6.07 Å².